The monoisotopic (exact) mass is 304 g/mol. The van der Waals surface area contributed by atoms with Gasteiger partial charge in [-0.15, -0.1) is 0 Å². The van der Waals surface area contributed by atoms with Crippen LogP contribution in [0.3, 0.4) is 0 Å². The fourth-order valence-electron chi connectivity index (χ4n) is 1.87. The summed E-state index contributed by atoms with van der Waals surface area (Å²) in [7, 11) is 0. The molecule has 0 saturated heterocycles. The SMILES string of the molecule is CCc1cc(OCC(=O)Nc2cccc(N)c2)ccc1Cl. The van der Waals surface area contributed by atoms with Gasteiger partial charge in [0, 0.05) is 16.4 Å². The van der Waals surface area contributed by atoms with Gasteiger partial charge in [0.2, 0.25) is 0 Å². The molecule has 5 heteroatoms. The first-order chi connectivity index (χ1) is 10.1. The van der Waals surface area contributed by atoms with E-state index in [2.05, 4.69) is 5.32 Å². The van der Waals surface area contributed by atoms with Gasteiger partial charge >= 0.3 is 0 Å². The van der Waals surface area contributed by atoms with Gasteiger partial charge in [-0.1, -0.05) is 24.6 Å². The minimum absolute atomic E-state index is 0.0699. The fourth-order valence-corrected chi connectivity index (χ4v) is 2.13. The zero-order chi connectivity index (χ0) is 15.2. The van der Waals surface area contributed by atoms with E-state index in [4.69, 9.17) is 22.1 Å². The third kappa shape index (κ3) is 4.39. The average molecular weight is 305 g/mol. The lowest BCUT2D eigenvalue weighted by molar-refractivity contribution is -0.118. The van der Waals surface area contributed by atoms with Crippen molar-refractivity contribution in [3.05, 3.63) is 53.1 Å². The summed E-state index contributed by atoms with van der Waals surface area (Å²) in [6.07, 6.45) is 0.811. The molecule has 0 heterocycles. The molecule has 0 saturated carbocycles. The van der Waals surface area contributed by atoms with Crippen molar-refractivity contribution in [2.45, 2.75) is 13.3 Å². The molecule has 1 amide bonds. The summed E-state index contributed by atoms with van der Waals surface area (Å²) in [6.45, 7) is 1.94. The highest BCUT2D eigenvalue weighted by molar-refractivity contribution is 6.31. The van der Waals surface area contributed by atoms with E-state index >= 15 is 0 Å². The number of nitrogens with two attached hydrogens (primary N) is 1. The Kier molecular flexibility index (Phi) is 5.06. The van der Waals surface area contributed by atoms with Crippen molar-refractivity contribution >= 4 is 28.9 Å². The summed E-state index contributed by atoms with van der Waals surface area (Å²) in [5, 5.41) is 3.43. The van der Waals surface area contributed by atoms with Gasteiger partial charge in [-0.2, -0.15) is 0 Å². The molecule has 0 aliphatic carbocycles. The molecule has 0 aliphatic heterocycles. The topological polar surface area (TPSA) is 64.3 Å². The standard InChI is InChI=1S/C16H17ClN2O2/c1-2-11-8-14(6-7-15(11)17)21-10-16(20)19-13-5-3-4-12(18)9-13/h3-9H,2,10,18H2,1H3,(H,19,20). The molecular formula is C16H17ClN2O2. The predicted molar refractivity (Wildman–Crippen MR) is 85.8 cm³/mol. The van der Waals surface area contributed by atoms with Gasteiger partial charge in [-0.05, 0) is 48.4 Å². The summed E-state index contributed by atoms with van der Waals surface area (Å²) in [5.41, 5.74) is 7.88. The quantitative estimate of drug-likeness (QED) is 0.831. The van der Waals surface area contributed by atoms with Gasteiger partial charge in [0.1, 0.15) is 5.75 Å². The Labute approximate surface area is 128 Å². The Morgan fingerprint density at radius 3 is 2.81 bits per heavy atom. The molecule has 2 aromatic rings. The van der Waals surface area contributed by atoms with Gasteiger partial charge < -0.3 is 15.8 Å². The molecule has 0 spiro atoms. The van der Waals surface area contributed by atoms with Crippen molar-refractivity contribution in [3.63, 3.8) is 0 Å². The molecule has 0 unspecified atom stereocenters. The van der Waals surface area contributed by atoms with Crippen molar-refractivity contribution in [2.24, 2.45) is 0 Å². The number of benzene rings is 2. The van der Waals surface area contributed by atoms with Crippen molar-refractivity contribution in [1.29, 1.82) is 0 Å². The molecule has 21 heavy (non-hydrogen) atoms. The highest BCUT2D eigenvalue weighted by Crippen LogP contribution is 2.22. The third-order valence-electron chi connectivity index (χ3n) is 2.94. The normalized spacial score (nSPS) is 10.2. The van der Waals surface area contributed by atoms with Gasteiger partial charge in [-0.3, -0.25) is 4.79 Å². The summed E-state index contributed by atoms with van der Waals surface area (Å²) >= 11 is 6.03. The van der Waals surface area contributed by atoms with E-state index < -0.39 is 0 Å². The maximum absolute atomic E-state index is 11.8. The minimum Gasteiger partial charge on any atom is -0.484 e. The number of hydrogen-bond donors (Lipinski definition) is 2. The number of rotatable bonds is 5. The molecule has 3 N–H and O–H groups in total. The largest absolute Gasteiger partial charge is 0.484 e. The van der Waals surface area contributed by atoms with Crippen LogP contribution in [-0.4, -0.2) is 12.5 Å². The average Bonchev–Trinajstić information content (AvgIpc) is 2.46. The number of carbonyl (C=O) groups is 1. The minimum atomic E-state index is -0.242. The maximum Gasteiger partial charge on any atom is 0.262 e. The molecule has 0 radical (unpaired) electrons. The number of aryl methyl sites for hydroxylation is 1. The summed E-state index contributed by atoms with van der Waals surface area (Å²) in [4.78, 5) is 11.8. The van der Waals surface area contributed by atoms with E-state index in [1.165, 1.54) is 0 Å². The van der Waals surface area contributed by atoms with Crippen LogP contribution in [0.25, 0.3) is 0 Å². The van der Waals surface area contributed by atoms with Crippen LogP contribution < -0.4 is 15.8 Å². The molecule has 2 aromatic carbocycles. The van der Waals surface area contributed by atoms with Crippen LogP contribution in [0.2, 0.25) is 5.02 Å². The lowest BCUT2D eigenvalue weighted by Crippen LogP contribution is -2.20. The smallest absolute Gasteiger partial charge is 0.262 e. The van der Waals surface area contributed by atoms with Gasteiger partial charge in [-0.25, -0.2) is 0 Å². The molecule has 2 rings (SSSR count). The molecule has 0 fully saturated rings. The van der Waals surface area contributed by atoms with Crippen LogP contribution >= 0.6 is 11.6 Å². The molecule has 0 atom stereocenters. The predicted octanol–water partition coefficient (Wildman–Crippen LogP) is 3.50. The molecule has 110 valence electrons. The van der Waals surface area contributed by atoms with E-state index in [1.807, 2.05) is 13.0 Å². The first-order valence-electron chi connectivity index (χ1n) is 6.65. The number of halogens is 1. The van der Waals surface area contributed by atoms with E-state index in [9.17, 15) is 4.79 Å². The number of hydrogen-bond acceptors (Lipinski definition) is 3. The number of amides is 1. The fraction of sp³-hybridized carbons (Fsp3) is 0.188. The Hall–Kier alpha value is -2.20. The van der Waals surface area contributed by atoms with E-state index in [0.717, 1.165) is 12.0 Å². The highest BCUT2D eigenvalue weighted by atomic mass is 35.5. The molecule has 4 nitrogen and oxygen atoms in total. The molecular weight excluding hydrogens is 288 g/mol. The second kappa shape index (κ2) is 6.99. The first kappa shape index (κ1) is 15.2. The van der Waals surface area contributed by atoms with Crippen LogP contribution in [0.15, 0.2) is 42.5 Å². The number of anilines is 2. The second-order valence-electron chi connectivity index (χ2n) is 4.57. The number of nitrogen functional groups attached to an aromatic ring is 1. The third-order valence-corrected chi connectivity index (χ3v) is 3.31. The van der Waals surface area contributed by atoms with Crippen LogP contribution in [0.5, 0.6) is 5.75 Å². The summed E-state index contributed by atoms with van der Waals surface area (Å²) < 4.78 is 5.47. The summed E-state index contributed by atoms with van der Waals surface area (Å²) in [5.74, 6) is 0.382. The number of ether oxygens (including phenoxy) is 1. The van der Waals surface area contributed by atoms with E-state index in [1.54, 1.807) is 36.4 Å². The highest BCUT2D eigenvalue weighted by Gasteiger charge is 2.06. The lowest BCUT2D eigenvalue weighted by atomic mass is 10.1. The van der Waals surface area contributed by atoms with Crippen molar-refractivity contribution in [1.82, 2.24) is 0 Å². The first-order valence-corrected chi connectivity index (χ1v) is 7.03. The Bertz CT molecular complexity index is 644. The van der Waals surface area contributed by atoms with Crippen molar-refractivity contribution in [3.8, 4) is 5.75 Å². The molecule has 0 aromatic heterocycles. The Morgan fingerprint density at radius 1 is 1.29 bits per heavy atom. The molecule has 0 bridgehead atoms. The lowest BCUT2D eigenvalue weighted by Gasteiger charge is -2.09. The van der Waals surface area contributed by atoms with E-state index in [-0.39, 0.29) is 12.5 Å². The van der Waals surface area contributed by atoms with Crippen LogP contribution in [0.4, 0.5) is 11.4 Å². The summed E-state index contributed by atoms with van der Waals surface area (Å²) in [6, 6.07) is 12.3. The zero-order valence-corrected chi connectivity index (χ0v) is 12.5. The number of carbonyl (C=O) groups excluding carboxylic acids is 1. The Morgan fingerprint density at radius 2 is 2.10 bits per heavy atom. The molecule has 0 aliphatic rings. The van der Waals surface area contributed by atoms with E-state index in [0.29, 0.717) is 22.1 Å². The Balaban J connectivity index is 1.92. The van der Waals surface area contributed by atoms with Gasteiger partial charge in [0.15, 0.2) is 6.61 Å². The number of nitrogens with one attached hydrogen (secondary N) is 1. The maximum atomic E-state index is 11.8. The van der Waals surface area contributed by atoms with Crippen molar-refractivity contribution in [2.75, 3.05) is 17.7 Å². The van der Waals surface area contributed by atoms with Crippen LogP contribution in [-0.2, 0) is 11.2 Å². The van der Waals surface area contributed by atoms with Gasteiger partial charge in [0.25, 0.3) is 5.91 Å². The van der Waals surface area contributed by atoms with Gasteiger partial charge in [0.05, 0.1) is 0 Å². The zero-order valence-electron chi connectivity index (χ0n) is 11.7. The van der Waals surface area contributed by atoms with Crippen LogP contribution in [0.1, 0.15) is 12.5 Å². The van der Waals surface area contributed by atoms with Crippen LogP contribution in [0, 0.1) is 0 Å². The van der Waals surface area contributed by atoms with Crippen molar-refractivity contribution < 1.29 is 9.53 Å². The second-order valence-corrected chi connectivity index (χ2v) is 4.98.